The van der Waals surface area contributed by atoms with Crippen LogP contribution in [-0.4, -0.2) is 14.1 Å². The molecule has 0 spiro atoms. The average Bonchev–Trinajstić information content (AvgIpc) is 3.77. The summed E-state index contributed by atoms with van der Waals surface area (Å²) < 4.78 is 4.65. The Labute approximate surface area is 311 Å². The Morgan fingerprint density at radius 3 is 1.63 bits per heavy atom. The van der Waals surface area contributed by atoms with Gasteiger partial charge in [-0.2, -0.15) is 5.26 Å². The van der Waals surface area contributed by atoms with Crippen molar-refractivity contribution >= 4 is 49.3 Å². The molecule has 0 saturated carbocycles. The van der Waals surface area contributed by atoms with Crippen LogP contribution < -0.4 is 0 Å². The molecule has 5 heteroatoms. The van der Waals surface area contributed by atoms with Gasteiger partial charge in [-0.25, -0.2) is 4.85 Å². The highest BCUT2D eigenvalue weighted by molar-refractivity contribution is 6.31. The van der Waals surface area contributed by atoms with Gasteiger partial charge in [-0.3, -0.25) is 4.98 Å². The molecule has 0 aliphatic carbocycles. The molecule has 0 bridgehead atoms. The first-order chi connectivity index (χ1) is 26.8. The molecule has 0 saturated heterocycles. The lowest BCUT2D eigenvalue weighted by Crippen LogP contribution is -1.99. The number of hydrogen-bond acceptors (Lipinski definition) is 2. The topological polar surface area (TPSA) is 50.9 Å². The Hall–Kier alpha value is -7.73. The summed E-state index contributed by atoms with van der Waals surface area (Å²) in [6.45, 7) is 8.42. The Morgan fingerprint density at radius 2 is 1.00 bits per heavy atom. The van der Waals surface area contributed by atoms with Crippen molar-refractivity contribution in [3.8, 4) is 51.1 Å². The molecule has 250 valence electrons. The van der Waals surface area contributed by atoms with Crippen molar-refractivity contribution < 1.29 is 0 Å². The summed E-state index contributed by atoms with van der Waals surface area (Å²) in [5.74, 6) is 0. The minimum atomic E-state index is 0.361. The van der Waals surface area contributed by atoms with E-state index in [-0.39, 0.29) is 0 Å². The molecule has 54 heavy (non-hydrogen) atoms. The van der Waals surface area contributed by atoms with Gasteiger partial charge in [0.15, 0.2) is 0 Å². The maximum absolute atomic E-state index is 11.1. The minimum absolute atomic E-state index is 0.361. The van der Waals surface area contributed by atoms with E-state index < -0.39 is 0 Å². The standard InChI is InChI=1S/C49H29N5/c1-51-49-43(32-17-6-2-7-18-32)38(31-50)48(52-47(49)33-19-8-3-9-20-33)37-26-16-28-40-45(37)46-42(54(40)35-23-12-5-13-24-35)30-29-41-44(46)36-25-14-15-27-39(36)53(41)34-21-10-4-11-22-34/h2-30H. The van der Waals surface area contributed by atoms with Crippen LogP contribution in [0.5, 0.6) is 0 Å². The smallest absolute Gasteiger partial charge is 0.221 e. The van der Waals surface area contributed by atoms with Crippen LogP contribution in [0.25, 0.3) is 93.5 Å². The van der Waals surface area contributed by atoms with Crippen LogP contribution in [0.1, 0.15) is 5.56 Å². The lowest BCUT2D eigenvalue weighted by Gasteiger charge is -2.17. The predicted octanol–water partition coefficient (Wildman–Crippen LogP) is 12.7. The van der Waals surface area contributed by atoms with Crippen LogP contribution in [-0.2, 0) is 0 Å². The third-order valence-corrected chi connectivity index (χ3v) is 10.4. The van der Waals surface area contributed by atoms with Gasteiger partial charge in [0, 0.05) is 44.0 Å². The molecule has 0 amide bonds. The Bertz CT molecular complexity index is 3150. The third kappa shape index (κ3) is 4.60. The maximum Gasteiger partial charge on any atom is 0.221 e. The first-order valence-electron chi connectivity index (χ1n) is 17.8. The first kappa shape index (κ1) is 31.0. The van der Waals surface area contributed by atoms with E-state index in [9.17, 15) is 5.26 Å². The Balaban J connectivity index is 1.43. The quantitative estimate of drug-likeness (QED) is 0.169. The molecule has 0 aliphatic heterocycles. The van der Waals surface area contributed by atoms with Crippen LogP contribution in [0, 0.1) is 17.9 Å². The molecule has 0 atom stereocenters. The normalized spacial score (nSPS) is 11.3. The van der Waals surface area contributed by atoms with Gasteiger partial charge in [0.25, 0.3) is 0 Å². The molecular weight excluding hydrogens is 659 g/mol. The van der Waals surface area contributed by atoms with Crippen molar-refractivity contribution in [2.45, 2.75) is 0 Å². The molecule has 5 nitrogen and oxygen atoms in total. The number of hydrogen-bond donors (Lipinski definition) is 0. The van der Waals surface area contributed by atoms with Crippen molar-refractivity contribution in [2.75, 3.05) is 0 Å². The van der Waals surface area contributed by atoms with Gasteiger partial charge in [-0.15, -0.1) is 0 Å². The summed E-state index contributed by atoms with van der Waals surface area (Å²) >= 11 is 0. The van der Waals surface area contributed by atoms with Gasteiger partial charge < -0.3 is 9.13 Å². The fourth-order valence-electron chi connectivity index (χ4n) is 8.19. The zero-order valence-corrected chi connectivity index (χ0v) is 29.0. The fourth-order valence-corrected chi connectivity index (χ4v) is 8.19. The Kier molecular flexibility index (Phi) is 7.18. The molecule has 0 radical (unpaired) electrons. The number of nitrogens with zero attached hydrogens (tertiary/aromatic N) is 5. The van der Waals surface area contributed by atoms with Crippen molar-refractivity contribution in [1.82, 2.24) is 14.1 Å². The molecule has 10 aromatic rings. The molecule has 0 unspecified atom stereocenters. The van der Waals surface area contributed by atoms with E-state index in [0.717, 1.165) is 71.7 Å². The van der Waals surface area contributed by atoms with E-state index in [4.69, 9.17) is 11.6 Å². The van der Waals surface area contributed by atoms with E-state index >= 15 is 0 Å². The van der Waals surface area contributed by atoms with Gasteiger partial charge in [0.05, 0.1) is 45.6 Å². The van der Waals surface area contributed by atoms with E-state index in [0.29, 0.717) is 28.2 Å². The fraction of sp³-hybridized carbons (Fsp3) is 0. The van der Waals surface area contributed by atoms with Crippen molar-refractivity contribution in [2.24, 2.45) is 0 Å². The zero-order valence-electron chi connectivity index (χ0n) is 29.0. The molecule has 0 aliphatic rings. The summed E-state index contributed by atoms with van der Waals surface area (Å²) in [5.41, 5.74) is 11.2. The molecule has 3 aromatic heterocycles. The number of aromatic nitrogens is 3. The summed E-state index contributed by atoms with van der Waals surface area (Å²) in [5, 5.41) is 15.4. The van der Waals surface area contributed by atoms with Crippen molar-refractivity contribution in [3.05, 3.63) is 193 Å². The molecule has 3 heterocycles. The predicted molar refractivity (Wildman–Crippen MR) is 220 cm³/mol. The lowest BCUT2D eigenvalue weighted by molar-refractivity contribution is 1.17. The van der Waals surface area contributed by atoms with Crippen molar-refractivity contribution in [1.29, 1.82) is 5.26 Å². The summed E-state index contributed by atoms with van der Waals surface area (Å²) in [6.07, 6.45) is 0. The number of nitriles is 1. The summed E-state index contributed by atoms with van der Waals surface area (Å²) in [6, 6.07) is 62.4. The number of fused-ring (bicyclic) bond motifs is 7. The van der Waals surface area contributed by atoms with Gasteiger partial charge in [-0.05, 0) is 59.7 Å². The summed E-state index contributed by atoms with van der Waals surface area (Å²) in [7, 11) is 0. The molecule has 0 N–H and O–H groups in total. The van der Waals surface area contributed by atoms with Crippen LogP contribution in [0.15, 0.2) is 176 Å². The zero-order chi connectivity index (χ0) is 36.2. The molecule has 0 fully saturated rings. The number of benzene rings is 7. The largest absolute Gasteiger partial charge is 0.309 e. The highest BCUT2D eigenvalue weighted by Gasteiger charge is 2.27. The maximum atomic E-state index is 11.1. The number of pyridine rings is 1. The minimum Gasteiger partial charge on any atom is -0.309 e. The first-order valence-corrected chi connectivity index (χ1v) is 17.8. The van der Waals surface area contributed by atoms with E-state index in [2.05, 4.69) is 123 Å². The second kappa shape index (κ2) is 12.5. The van der Waals surface area contributed by atoms with Crippen LogP contribution in [0.3, 0.4) is 0 Å². The highest BCUT2D eigenvalue weighted by Crippen LogP contribution is 2.48. The van der Waals surface area contributed by atoms with Gasteiger partial charge in [0.1, 0.15) is 6.07 Å². The second-order valence-corrected chi connectivity index (χ2v) is 13.3. The average molecular weight is 688 g/mol. The SMILES string of the molecule is [C-]#[N+]c1c(-c2ccccc2)nc(-c2cccc3c2c2c4c5ccccc5n(-c5ccccc5)c4ccc2n3-c2ccccc2)c(C#N)c1-c1ccccc1. The van der Waals surface area contributed by atoms with Crippen molar-refractivity contribution in [3.63, 3.8) is 0 Å². The van der Waals surface area contributed by atoms with Crippen LogP contribution in [0.4, 0.5) is 5.69 Å². The van der Waals surface area contributed by atoms with Crippen LogP contribution in [0.2, 0.25) is 0 Å². The van der Waals surface area contributed by atoms with Gasteiger partial charge >= 0.3 is 0 Å². The summed E-state index contributed by atoms with van der Waals surface area (Å²) in [4.78, 5) is 9.38. The molecular formula is C49H29N5. The highest BCUT2D eigenvalue weighted by atomic mass is 15.0. The van der Waals surface area contributed by atoms with Crippen LogP contribution >= 0.6 is 0 Å². The van der Waals surface area contributed by atoms with Gasteiger partial charge in [-0.1, -0.05) is 127 Å². The lowest BCUT2D eigenvalue weighted by atomic mass is 9.90. The van der Waals surface area contributed by atoms with E-state index in [1.807, 2.05) is 72.8 Å². The van der Waals surface area contributed by atoms with E-state index in [1.54, 1.807) is 0 Å². The Morgan fingerprint density at radius 1 is 0.481 bits per heavy atom. The second-order valence-electron chi connectivity index (χ2n) is 13.3. The number of rotatable bonds is 5. The van der Waals surface area contributed by atoms with Gasteiger partial charge in [0.2, 0.25) is 5.69 Å². The molecule has 10 rings (SSSR count). The van der Waals surface area contributed by atoms with E-state index in [1.165, 1.54) is 0 Å². The third-order valence-electron chi connectivity index (χ3n) is 10.4. The monoisotopic (exact) mass is 687 g/mol. The molecule has 7 aromatic carbocycles. The number of para-hydroxylation sites is 3.